The Morgan fingerprint density at radius 3 is 2.50 bits per heavy atom. The van der Waals surface area contributed by atoms with E-state index < -0.39 is 0 Å². The Morgan fingerprint density at radius 2 is 1.74 bits per heavy atom. The zero-order valence-corrected chi connectivity index (χ0v) is 22.6. The standard InChI is InChI=1S/C30H29Cl2N3O3/c1-38-28-9-5-2-6-22(28)18-34(15-14-21-17-33-27-8-4-3-7-24(21)27)29(36)19-35(23-11-12-23)30(37)20-10-13-25(31)26(32)16-20/h2-10,13,16-17,23,33H,11-12,14-15,18-19H2,1H3. The van der Waals surface area contributed by atoms with Crippen LogP contribution in [0.5, 0.6) is 5.75 Å². The van der Waals surface area contributed by atoms with Crippen LogP contribution >= 0.6 is 23.2 Å². The van der Waals surface area contributed by atoms with Crippen LogP contribution in [0.25, 0.3) is 10.9 Å². The van der Waals surface area contributed by atoms with Crippen LogP contribution in [0.4, 0.5) is 0 Å². The molecule has 1 aromatic heterocycles. The van der Waals surface area contributed by atoms with E-state index in [-0.39, 0.29) is 24.4 Å². The summed E-state index contributed by atoms with van der Waals surface area (Å²) < 4.78 is 5.55. The van der Waals surface area contributed by atoms with Gasteiger partial charge in [0.25, 0.3) is 5.91 Å². The molecule has 4 aromatic rings. The van der Waals surface area contributed by atoms with Crippen molar-refractivity contribution in [3.05, 3.63) is 99.7 Å². The van der Waals surface area contributed by atoms with Crippen LogP contribution < -0.4 is 4.74 Å². The van der Waals surface area contributed by atoms with Crippen molar-refractivity contribution in [2.24, 2.45) is 0 Å². The maximum Gasteiger partial charge on any atom is 0.254 e. The zero-order valence-electron chi connectivity index (χ0n) is 21.1. The van der Waals surface area contributed by atoms with Crippen molar-refractivity contribution in [1.29, 1.82) is 0 Å². The maximum atomic E-state index is 13.8. The van der Waals surface area contributed by atoms with Gasteiger partial charge in [0.2, 0.25) is 5.91 Å². The fraction of sp³-hybridized carbons (Fsp3) is 0.267. The molecule has 0 radical (unpaired) electrons. The zero-order chi connectivity index (χ0) is 26.6. The number of carbonyl (C=O) groups is 2. The molecule has 5 rings (SSSR count). The topological polar surface area (TPSA) is 65.6 Å². The molecular formula is C30H29Cl2N3O3. The van der Waals surface area contributed by atoms with Gasteiger partial charge in [-0.25, -0.2) is 0 Å². The molecule has 2 amide bonds. The predicted octanol–water partition coefficient (Wildman–Crippen LogP) is 6.36. The van der Waals surface area contributed by atoms with Crippen LogP contribution in [-0.2, 0) is 17.8 Å². The molecule has 1 heterocycles. The number of para-hydroxylation sites is 2. The van der Waals surface area contributed by atoms with Gasteiger partial charge in [0.15, 0.2) is 0 Å². The number of rotatable bonds is 10. The van der Waals surface area contributed by atoms with E-state index in [1.165, 1.54) is 0 Å². The fourth-order valence-corrected chi connectivity index (χ4v) is 5.02. The van der Waals surface area contributed by atoms with Gasteiger partial charge >= 0.3 is 0 Å². The van der Waals surface area contributed by atoms with Crippen LogP contribution in [0.1, 0.15) is 34.3 Å². The predicted molar refractivity (Wildman–Crippen MR) is 151 cm³/mol. The van der Waals surface area contributed by atoms with Crippen LogP contribution in [-0.4, -0.2) is 52.8 Å². The number of hydrogen-bond donors (Lipinski definition) is 1. The van der Waals surface area contributed by atoms with Crippen LogP contribution in [0.3, 0.4) is 0 Å². The molecule has 1 fully saturated rings. The Bertz CT molecular complexity index is 1460. The van der Waals surface area contributed by atoms with Gasteiger partial charge in [-0.05, 0) is 55.2 Å². The number of amides is 2. The van der Waals surface area contributed by atoms with Gasteiger partial charge in [-0.1, -0.05) is 59.6 Å². The molecule has 0 atom stereocenters. The molecule has 0 aliphatic heterocycles. The molecule has 0 unspecified atom stereocenters. The van der Waals surface area contributed by atoms with Crippen LogP contribution in [0, 0.1) is 0 Å². The summed E-state index contributed by atoms with van der Waals surface area (Å²) in [5, 5.41) is 1.85. The number of nitrogens with zero attached hydrogens (tertiary/aromatic N) is 2. The fourth-order valence-electron chi connectivity index (χ4n) is 4.72. The lowest BCUT2D eigenvalue weighted by atomic mass is 10.1. The highest BCUT2D eigenvalue weighted by Gasteiger charge is 2.35. The Hall–Kier alpha value is -3.48. The minimum Gasteiger partial charge on any atom is -0.496 e. The van der Waals surface area contributed by atoms with Crippen LogP contribution in [0.15, 0.2) is 72.9 Å². The molecule has 0 spiro atoms. The van der Waals surface area contributed by atoms with Gasteiger partial charge in [0.1, 0.15) is 12.3 Å². The summed E-state index contributed by atoms with van der Waals surface area (Å²) in [4.78, 5) is 34.0. The van der Waals surface area contributed by atoms with Crippen molar-refractivity contribution in [2.45, 2.75) is 31.8 Å². The second-order valence-electron chi connectivity index (χ2n) is 9.53. The number of ether oxygens (including phenoxy) is 1. The first-order valence-corrected chi connectivity index (χ1v) is 13.4. The number of methoxy groups -OCH3 is 1. The number of nitrogens with one attached hydrogen (secondary N) is 1. The highest BCUT2D eigenvalue weighted by molar-refractivity contribution is 6.42. The molecule has 1 aliphatic carbocycles. The Labute approximate surface area is 232 Å². The summed E-state index contributed by atoms with van der Waals surface area (Å²) in [6, 6.07) is 20.7. The molecule has 1 N–H and O–H groups in total. The summed E-state index contributed by atoms with van der Waals surface area (Å²) in [5.74, 6) is 0.396. The largest absolute Gasteiger partial charge is 0.496 e. The summed E-state index contributed by atoms with van der Waals surface area (Å²) in [6.45, 7) is 0.871. The quantitative estimate of drug-likeness (QED) is 0.250. The maximum absolute atomic E-state index is 13.8. The van der Waals surface area contributed by atoms with Gasteiger partial charge in [0, 0.05) is 47.4 Å². The van der Waals surface area contributed by atoms with E-state index in [1.807, 2.05) is 53.6 Å². The van der Waals surface area contributed by atoms with Crippen molar-refractivity contribution < 1.29 is 14.3 Å². The van der Waals surface area contributed by atoms with Crippen molar-refractivity contribution >= 4 is 45.9 Å². The third-order valence-electron chi connectivity index (χ3n) is 6.95. The number of hydrogen-bond acceptors (Lipinski definition) is 3. The van der Waals surface area contributed by atoms with Crippen LogP contribution in [0.2, 0.25) is 10.0 Å². The lowest BCUT2D eigenvalue weighted by Crippen LogP contribution is -2.44. The van der Waals surface area contributed by atoms with E-state index in [9.17, 15) is 9.59 Å². The van der Waals surface area contributed by atoms with E-state index in [4.69, 9.17) is 27.9 Å². The lowest BCUT2D eigenvalue weighted by molar-refractivity contribution is -0.132. The Kier molecular flexibility index (Phi) is 7.91. The molecule has 8 heteroatoms. The summed E-state index contributed by atoms with van der Waals surface area (Å²) in [7, 11) is 1.63. The number of benzene rings is 3. The summed E-state index contributed by atoms with van der Waals surface area (Å²) >= 11 is 12.2. The normalized spacial score (nSPS) is 12.9. The summed E-state index contributed by atoms with van der Waals surface area (Å²) in [5.41, 5.74) is 3.55. The van der Waals surface area contributed by atoms with Crippen molar-refractivity contribution in [3.8, 4) is 5.75 Å². The number of halogens is 2. The number of carbonyl (C=O) groups excluding carboxylic acids is 2. The van der Waals surface area contributed by atoms with E-state index in [0.717, 1.165) is 40.6 Å². The first-order valence-electron chi connectivity index (χ1n) is 12.6. The number of H-pyrrole nitrogens is 1. The Morgan fingerprint density at radius 1 is 0.974 bits per heavy atom. The minimum absolute atomic E-state index is 0.00716. The average molecular weight is 550 g/mol. The average Bonchev–Trinajstić information content (AvgIpc) is 3.70. The summed E-state index contributed by atoms with van der Waals surface area (Å²) in [6.07, 6.45) is 4.43. The SMILES string of the molecule is COc1ccccc1CN(CCc1c[nH]c2ccccc12)C(=O)CN(C(=O)c1ccc(Cl)c(Cl)c1)C1CC1. The van der Waals surface area contributed by atoms with Crippen molar-refractivity contribution in [2.75, 3.05) is 20.2 Å². The molecule has 3 aromatic carbocycles. The lowest BCUT2D eigenvalue weighted by Gasteiger charge is -2.28. The molecule has 6 nitrogen and oxygen atoms in total. The van der Waals surface area contributed by atoms with Gasteiger partial charge in [-0.15, -0.1) is 0 Å². The van der Waals surface area contributed by atoms with E-state index >= 15 is 0 Å². The highest BCUT2D eigenvalue weighted by Crippen LogP contribution is 2.30. The second kappa shape index (κ2) is 11.5. The first-order chi connectivity index (χ1) is 18.4. The minimum atomic E-state index is -0.215. The van der Waals surface area contributed by atoms with Gasteiger partial charge in [0.05, 0.1) is 17.2 Å². The first kappa shape index (κ1) is 26.1. The highest BCUT2D eigenvalue weighted by atomic mass is 35.5. The van der Waals surface area contributed by atoms with Crippen molar-refractivity contribution in [1.82, 2.24) is 14.8 Å². The second-order valence-corrected chi connectivity index (χ2v) is 10.3. The Balaban J connectivity index is 1.38. The molecule has 0 bridgehead atoms. The molecule has 1 aliphatic rings. The van der Waals surface area contributed by atoms with E-state index in [2.05, 4.69) is 11.1 Å². The molecule has 1 saturated carbocycles. The number of aromatic amines is 1. The van der Waals surface area contributed by atoms with Crippen molar-refractivity contribution in [3.63, 3.8) is 0 Å². The van der Waals surface area contributed by atoms with Gasteiger partial charge in [-0.2, -0.15) is 0 Å². The smallest absolute Gasteiger partial charge is 0.254 e. The number of aromatic nitrogens is 1. The molecular weight excluding hydrogens is 521 g/mol. The van der Waals surface area contributed by atoms with Gasteiger partial charge in [-0.3, -0.25) is 9.59 Å². The molecule has 0 saturated heterocycles. The van der Waals surface area contributed by atoms with E-state index in [1.54, 1.807) is 30.2 Å². The number of fused-ring (bicyclic) bond motifs is 1. The van der Waals surface area contributed by atoms with E-state index in [0.29, 0.717) is 35.1 Å². The molecule has 38 heavy (non-hydrogen) atoms. The third kappa shape index (κ3) is 5.82. The van der Waals surface area contributed by atoms with Gasteiger partial charge < -0.3 is 19.5 Å². The third-order valence-corrected chi connectivity index (χ3v) is 7.69. The molecule has 196 valence electrons. The monoisotopic (exact) mass is 549 g/mol.